The van der Waals surface area contributed by atoms with Crippen molar-refractivity contribution in [3.63, 3.8) is 0 Å². The summed E-state index contributed by atoms with van der Waals surface area (Å²) in [6.45, 7) is 0.766. The van der Waals surface area contributed by atoms with Crippen LogP contribution in [0.25, 0.3) is 11.3 Å². The summed E-state index contributed by atoms with van der Waals surface area (Å²) in [5.74, 6) is 0.802. The molecule has 0 amide bonds. The lowest BCUT2D eigenvalue weighted by Gasteiger charge is -2.04. The van der Waals surface area contributed by atoms with Crippen LogP contribution in [0.1, 0.15) is 5.69 Å². The molecule has 0 atom stereocenters. The first-order chi connectivity index (χ1) is 10.3. The first-order valence-corrected chi connectivity index (χ1v) is 6.78. The molecule has 0 spiro atoms. The van der Waals surface area contributed by atoms with Crippen molar-refractivity contribution in [3.05, 3.63) is 48.4 Å². The van der Waals surface area contributed by atoms with E-state index in [1.807, 2.05) is 52.9 Å². The van der Waals surface area contributed by atoms with Crippen LogP contribution in [0.5, 0.6) is 5.75 Å². The lowest BCUT2D eigenvalue weighted by Crippen LogP contribution is -2.05. The summed E-state index contributed by atoms with van der Waals surface area (Å²) in [6, 6.07) is 9.82. The molecule has 0 saturated heterocycles. The molecule has 0 N–H and O–H groups in total. The topological polar surface area (TPSA) is 57.8 Å². The van der Waals surface area contributed by atoms with E-state index in [4.69, 9.17) is 4.74 Å². The van der Waals surface area contributed by atoms with E-state index in [1.54, 1.807) is 13.3 Å². The number of nitrogens with zero attached hydrogens (tertiary/aromatic N) is 5. The Hall–Kier alpha value is -2.63. The molecule has 0 unspecified atom stereocenters. The number of benzene rings is 1. The van der Waals surface area contributed by atoms with Crippen LogP contribution in [-0.4, -0.2) is 31.9 Å². The van der Waals surface area contributed by atoms with Crippen molar-refractivity contribution in [1.82, 2.24) is 24.8 Å². The van der Waals surface area contributed by atoms with Gasteiger partial charge < -0.3 is 4.74 Å². The van der Waals surface area contributed by atoms with E-state index in [-0.39, 0.29) is 0 Å². The largest absolute Gasteiger partial charge is 0.496 e. The molecule has 1 aromatic carbocycles. The number of aryl methyl sites for hydroxylation is 3. The molecular formula is C15H17N5O. The minimum atomic E-state index is 0.766. The zero-order chi connectivity index (χ0) is 14.7. The van der Waals surface area contributed by atoms with E-state index >= 15 is 0 Å². The molecule has 6 heteroatoms. The number of para-hydroxylation sites is 1. The van der Waals surface area contributed by atoms with Crippen LogP contribution in [0.15, 0.2) is 42.7 Å². The Labute approximate surface area is 123 Å². The third kappa shape index (κ3) is 2.79. The molecular weight excluding hydrogens is 266 g/mol. The van der Waals surface area contributed by atoms with Gasteiger partial charge in [0.05, 0.1) is 13.3 Å². The fourth-order valence-electron chi connectivity index (χ4n) is 2.26. The van der Waals surface area contributed by atoms with Crippen LogP contribution < -0.4 is 4.74 Å². The standard InChI is InChI=1S/C15H17N5O/c1-19-12(7-9-16-19)8-10-20-11-14(17-18-20)13-5-3-4-6-15(13)21-2/h3-7,9,11H,8,10H2,1-2H3. The monoisotopic (exact) mass is 283 g/mol. The Kier molecular flexibility index (Phi) is 3.68. The molecule has 3 rings (SSSR count). The van der Waals surface area contributed by atoms with Gasteiger partial charge in [-0.25, -0.2) is 0 Å². The fourth-order valence-corrected chi connectivity index (χ4v) is 2.26. The van der Waals surface area contributed by atoms with Crippen LogP contribution in [0.3, 0.4) is 0 Å². The maximum atomic E-state index is 5.35. The van der Waals surface area contributed by atoms with Crippen LogP contribution in [-0.2, 0) is 20.0 Å². The van der Waals surface area contributed by atoms with Gasteiger partial charge in [0, 0.05) is 37.5 Å². The average molecular weight is 283 g/mol. The Morgan fingerprint density at radius 3 is 2.81 bits per heavy atom. The SMILES string of the molecule is COc1ccccc1-c1cn(CCc2ccnn2C)nn1. The second kappa shape index (κ2) is 5.78. The van der Waals surface area contributed by atoms with Crippen molar-refractivity contribution in [3.8, 4) is 17.0 Å². The first kappa shape index (κ1) is 13.4. The zero-order valence-corrected chi connectivity index (χ0v) is 12.1. The zero-order valence-electron chi connectivity index (χ0n) is 12.1. The Morgan fingerprint density at radius 1 is 1.19 bits per heavy atom. The van der Waals surface area contributed by atoms with E-state index in [1.165, 1.54) is 5.69 Å². The minimum absolute atomic E-state index is 0.766. The van der Waals surface area contributed by atoms with E-state index in [0.717, 1.165) is 30.0 Å². The molecule has 0 bridgehead atoms. The first-order valence-electron chi connectivity index (χ1n) is 6.78. The summed E-state index contributed by atoms with van der Waals surface area (Å²) >= 11 is 0. The van der Waals surface area contributed by atoms with Gasteiger partial charge >= 0.3 is 0 Å². The lowest BCUT2D eigenvalue weighted by molar-refractivity contribution is 0.416. The minimum Gasteiger partial charge on any atom is -0.496 e. The fraction of sp³-hybridized carbons (Fsp3) is 0.267. The normalized spacial score (nSPS) is 10.8. The van der Waals surface area contributed by atoms with Gasteiger partial charge in [-0.3, -0.25) is 9.36 Å². The average Bonchev–Trinajstić information content (AvgIpc) is 3.14. The van der Waals surface area contributed by atoms with Gasteiger partial charge in [-0.2, -0.15) is 5.10 Å². The van der Waals surface area contributed by atoms with Gasteiger partial charge in [0.15, 0.2) is 0 Å². The molecule has 0 aliphatic carbocycles. The summed E-state index contributed by atoms with van der Waals surface area (Å²) < 4.78 is 9.07. The second-order valence-corrected chi connectivity index (χ2v) is 4.76. The number of hydrogen-bond donors (Lipinski definition) is 0. The summed E-state index contributed by atoms with van der Waals surface area (Å²) in [5.41, 5.74) is 2.94. The van der Waals surface area contributed by atoms with Crippen LogP contribution in [0, 0.1) is 0 Å². The Balaban J connectivity index is 1.76. The molecule has 0 fully saturated rings. The Bertz CT molecular complexity index is 731. The number of hydrogen-bond acceptors (Lipinski definition) is 4. The highest BCUT2D eigenvalue weighted by Crippen LogP contribution is 2.27. The molecule has 2 heterocycles. The predicted molar refractivity (Wildman–Crippen MR) is 78.9 cm³/mol. The molecule has 108 valence electrons. The molecule has 6 nitrogen and oxygen atoms in total. The summed E-state index contributed by atoms with van der Waals surface area (Å²) in [7, 11) is 3.60. The van der Waals surface area contributed by atoms with E-state index in [9.17, 15) is 0 Å². The van der Waals surface area contributed by atoms with Gasteiger partial charge in [0.1, 0.15) is 11.4 Å². The second-order valence-electron chi connectivity index (χ2n) is 4.76. The number of rotatable bonds is 5. The number of ether oxygens (including phenoxy) is 1. The van der Waals surface area contributed by atoms with Gasteiger partial charge in [0.25, 0.3) is 0 Å². The summed E-state index contributed by atoms with van der Waals surface area (Å²) in [6.07, 6.45) is 4.61. The van der Waals surface area contributed by atoms with Crippen molar-refractivity contribution < 1.29 is 4.74 Å². The molecule has 0 aliphatic heterocycles. The quantitative estimate of drug-likeness (QED) is 0.718. The smallest absolute Gasteiger partial charge is 0.128 e. The number of methoxy groups -OCH3 is 1. The highest BCUT2D eigenvalue weighted by molar-refractivity contribution is 5.65. The van der Waals surface area contributed by atoms with E-state index < -0.39 is 0 Å². The van der Waals surface area contributed by atoms with Crippen LogP contribution >= 0.6 is 0 Å². The van der Waals surface area contributed by atoms with Gasteiger partial charge in [-0.05, 0) is 18.2 Å². The molecule has 21 heavy (non-hydrogen) atoms. The maximum absolute atomic E-state index is 5.35. The van der Waals surface area contributed by atoms with Crippen LogP contribution in [0.4, 0.5) is 0 Å². The lowest BCUT2D eigenvalue weighted by atomic mass is 10.1. The van der Waals surface area contributed by atoms with E-state index in [2.05, 4.69) is 15.4 Å². The molecule has 2 aromatic heterocycles. The maximum Gasteiger partial charge on any atom is 0.128 e. The van der Waals surface area contributed by atoms with Crippen LogP contribution in [0.2, 0.25) is 0 Å². The molecule has 3 aromatic rings. The number of aromatic nitrogens is 5. The van der Waals surface area contributed by atoms with Crippen molar-refractivity contribution >= 4 is 0 Å². The third-order valence-corrected chi connectivity index (χ3v) is 3.44. The van der Waals surface area contributed by atoms with Crippen molar-refractivity contribution in [2.75, 3.05) is 7.11 Å². The predicted octanol–water partition coefficient (Wildman–Crippen LogP) is 1.93. The highest BCUT2D eigenvalue weighted by atomic mass is 16.5. The molecule has 0 radical (unpaired) electrons. The molecule has 0 aliphatic rings. The van der Waals surface area contributed by atoms with Gasteiger partial charge in [-0.1, -0.05) is 17.3 Å². The summed E-state index contributed by atoms with van der Waals surface area (Å²) in [5, 5.41) is 12.6. The van der Waals surface area contributed by atoms with Crippen molar-refractivity contribution in [2.45, 2.75) is 13.0 Å². The Morgan fingerprint density at radius 2 is 2.05 bits per heavy atom. The van der Waals surface area contributed by atoms with Crippen molar-refractivity contribution in [1.29, 1.82) is 0 Å². The van der Waals surface area contributed by atoms with Gasteiger partial charge in [0.2, 0.25) is 0 Å². The summed E-state index contributed by atoms with van der Waals surface area (Å²) in [4.78, 5) is 0. The highest BCUT2D eigenvalue weighted by Gasteiger charge is 2.09. The van der Waals surface area contributed by atoms with E-state index in [0.29, 0.717) is 0 Å². The molecule has 0 saturated carbocycles. The van der Waals surface area contributed by atoms with Gasteiger partial charge in [-0.15, -0.1) is 5.10 Å². The van der Waals surface area contributed by atoms with Crippen molar-refractivity contribution in [2.24, 2.45) is 7.05 Å². The third-order valence-electron chi connectivity index (χ3n) is 3.44.